The van der Waals surface area contributed by atoms with Gasteiger partial charge in [-0.3, -0.25) is 14.4 Å². The molecule has 2 aliphatic rings. The molecule has 1 saturated heterocycles. The molecule has 1 aromatic carbocycles. The molecule has 6 heteroatoms. The van der Waals surface area contributed by atoms with Gasteiger partial charge < -0.3 is 15.3 Å². The Hall–Kier alpha value is -2.37. The number of rotatable bonds is 4. The molecule has 128 valence electrons. The van der Waals surface area contributed by atoms with Crippen molar-refractivity contribution in [2.75, 3.05) is 13.1 Å². The van der Waals surface area contributed by atoms with Crippen LogP contribution in [0, 0.1) is 11.8 Å². The van der Waals surface area contributed by atoms with E-state index in [1.54, 1.807) is 17.0 Å². The molecule has 1 heterocycles. The van der Waals surface area contributed by atoms with E-state index in [4.69, 9.17) is 5.11 Å². The molecule has 1 aliphatic heterocycles. The van der Waals surface area contributed by atoms with Crippen LogP contribution in [0.1, 0.15) is 36.0 Å². The van der Waals surface area contributed by atoms with Crippen LogP contribution in [0.15, 0.2) is 30.3 Å². The van der Waals surface area contributed by atoms with E-state index in [1.165, 1.54) is 0 Å². The third-order valence-corrected chi connectivity index (χ3v) is 5.09. The Bertz CT molecular complexity index is 623. The van der Waals surface area contributed by atoms with Crippen molar-refractivity contribution in [1.29, 1.82) is 0 Å². The minimum absolute atomic E-state index is 0.0403. The van der Waals surface area contributed by atoms with Gasteiger partial charge in [0.2, 0.25) is 5.91 Å². The molecule has 2 N–H and O–H groups in total. The van der Waals surface area contributed by atoms with Crippen molar-refractivity contribution in [1.82, 2.24) is 10.2 Å². The van der Waals surface area contributed by atoms with Crippen LogP contribution in [0.5, 0.6) is 0 Å². The van der Waals surface area contributed by atoms with Gasteiger partial charge >= 0.3 is 5.97 Å². The first kappa shape index (κ1) is 16.5. The summed E-state index contributed by atoms with van der Waals surface area (Å²) >= 11 is 0. The number of likely N-dealkylation sites (tertiary alicyclic amines) is 1. The number of aliphatic carboxylic acids is 1. The normalized spacial score (nSPS) is 24.1. The minimum Gasteiger partial charge on any atom is -0.481 e. The van der Waals surface area contributed by atoms with E-state index in [2.05, 4.69) is 5.32 Å². The lowest BCUT2D eigenvalue weighted by atomic mass is 9.72. The van der Waals surface area contributed by atoms with E-state index in [0.29, 0.717) is 44.3 Å². The van der Waals surface area contributed by atoms with Crippen molar-refractivity contribution in [2.24, 2.45) is 11.8 Å². The molecule has 2 amide bonds. The van der Waals surface area contributed by atoms with E-state index >= 15 is 0 Å². The zero-order valence-electron chi connectivity index (χ0n) is 13.5. The molecule has 1 aliphatic carbocycles. The average Bonchev–Trinajstić information content (AvgIpc) is 2.54. The van der Waals surface area contributed by atoms with Gasteiger partial charge in [-0.2, -0.15) is 0 Å². The van der Waals surface area contributed by atoms with Crippen LogP contribution in [0.4, 0.5) is 0 Å². The Balaban J connectivity index is 1.48. The molecule has 0 bridgehead atoms. The summed E-state index contributed by atoms with van der Waals surface area (Å²) in [5.41, 5.74) is 0.634. The summed E-state index contributed by atoms with van der Waals surface area (Å²) in [5, 5.41) is 12.1. The number of carbonyl (C=O) groups excluding carboxylic acids is 2. The van der Waals surface area contributed by atoms with Crippen molar-refractivity contribution >= 4 is 17.8 Å². The number of nitrogens with one attached hydrogen (secondary N) is 1. The van der Waals surface area contributed by atoms with Crippen molar-refractivity contribution in [3.8, 4) is 0 Å². The van der Waals surface area contributed by atoms with Gasteiger partial charge in [0.15, 0.2) is 0 Å². The van der Waals surface area contributed by atoms with Gasteiger partial charge in [0.25, 0.3) is 5.91 Å². The molecule has 1 aromatic rings. The quantitative estimate of drug-likeness (QED) is 0.876. The Morgan fingerprint density at radius 2 is 1.58 bits per heavy atom. The molecule has 2 fully saturated rings. The summed E-state index contributed by atoms with van der Waals surface area (Å²) in [7, 11) is 0. The summed E-state index contributed by atoms with van der Waals surface area (Å²) < 4.78 is 0. The highest BCUT2D eigenvalue weighted by Crippen LogP contribution is 2.36. The molecular formula is C18H22N2O4. The number of carboxylic acid groups (broad SMARTS) is 1. The van der Waals surface area contributed by atoms with E-state index in [1.807, 2.05) is 18.2 Å². The summed E-state index contributed by atoms with van der Waals surface area (Å²) in [6.07, 6.45) is 2.67. The lowest BCUT2D eigenvalue weighted by molar-refractivity contribution is -0.157. The van der Waals surface area contributed by atoms with Crippen LogP contribution in [-0.4, -0.2) is 46.9 Å². The second-order valence-electron chi connectivity index (χ2n) is 6.57. The first-order valence-electron chi connectivity index (χ1n) is 8.44. The van der Waals surface area contributed by atoms with Gasteiger partial charge in [0, 0.05) is 24.7 Å². The first-order chi connectivity index (χ1) is 11.6. The minimum atomic E-state index is -0.871. The van der Waals surface area contributed by atoms with Crippen LogP contribution in [0.2, 0.25) is 0 Å². The number of carboxylic acids is 1. The Labute approximate surface area is 140 Å². The fourth-order valence-electron chi connectivity index (χ4n) is 3.43. The Morgan fingerprint density at radius 1 is 0.958 bits per heavy atom. The van der Waals surface area contributed by atoms with E-state index < -0.39 is 11.9 Å². The van der Waals surface area contributed by atoms with E-state index in [0.717, 1.165) is 0 Å². The molecule has 24 heavy (non-hydrogen) atoms. The second kappa shape index (κ2) is 7.03. The smallest absolute Gasteiger partial charge is 0.307 e. The molecule has 0 radical (unpaired) electrons. The van der Waals surface area contributed by atoms with Crippen LogP contribution in [0.25, 0.3) is 0 Å². The highest BCUT2D eigenvalue weighted by Gasteiger charge is 2.43. The molecule has 1 saturated carbocycles. The fraction of sp³-hybridized carbons (Fsp3) is 0.500. The van der Waals surface area contributed by atoms with Crippen molar-refractivity contribution in [3.05, 3.63) is 35.9 Å². The fourth-order valence-corrected chi connectivity index (χ4v) is 3.43. The zero-order valence-corrected chi connectivity index (χ0v) is 13.5. The summed E-state index contributed by atoms with van der Waals surface area (Å²) in [6.45, 7) is 1.14. The lowest BCUT2D eigenvalue weighted by Crippen LogP contribution is -2.51. The van der Waals surface area contributed by atoms with Crippen molar-refractivity contribution < 1.29 is 19.5 Å². The summed E-state index contributed by atoms with van der Waals surface area (Å²) in [4.78, 5) is 37.4. The summed E-state index contributed by atoms with van der Waals surface area (Å²) in [5.74, 6) is -1.89. The number of hydrogen-bond donors (Lipinski definition) is 2. The maximum absolute atomic E-state index is 12.4. The van der Waals surface area contributed by atoms with Gasteiger partial charge in [-0.1, -0.05) is 18.2 Å². The largest absolute Gasteiger partial charge is 0.481 e. The number of benzene rings is 1. The Kier molecular flexibility index (Phi) is 4.83. The predicted octanol–water partition coefficient (Wildman–Crippen LogP) is 1.52. The Morgan fingerprint density at radius 3 is 2.12 bits per heavy atom. The lowest BCUT2D eigenvalue weighted by Gasteiger charge is -2.39. The predicted molar refractivity (Wildman–Crippen MR) is 87.4 cm³/mol. The van der Waals surface area contributed by atoms with Crippen LogP contribution in [0.3, 0.4) is 0 Å². The van der Waals surface area contributed by atoms with Crippen LogP contribution < -0.4 is 5.32 Å². The van der Waals surface area contributed by atoms with Crippen LogP contribution >= 0.6 is 0 Å². The van der Waals surface area contributed by atoms with Gasteiger partial charge in [0.1, 0.15) is 0 Å². The molecular weight excluding hydrogens is 308 g/mol. The monoisotopic (exact) mass is 330 g/mol. The maximum Gasteiger partial charge on any atom is 0.307 e. The standard InChI is InChI=1S/C18H22N2O4/c21-16(12-4-2-1-3-5-12)19-13-8-10-20(11-9-13)17(22)14-6-7-15(14)18(23)24/h1-5,13-15H,6-11H2,(H,19,21)(H,23,24). The number of nitrogens with zero attached hydrogens (tertiary/aromatic N) is 1. The van der Waals surface area contributed by atoms with Crippen LogP contribution in [-0.2, 0) is 9.59 Å². The number of piperidine rings is 1. The third-order valence-electron chi connectivity index (χ3n) is 5.09. The van der Waals surface area contributed by atoms with Crippen molar-refractivity contribution in [3.63, 3.8) is 0 Å². The molecule has 0 spiro atoms. The van der Waals surface area contributed by atoms with Crippen molar-refractivity contribution in [2.45, 2.75) is 31.7 Å². The third kappa shape index (κ3) is 3.42. The van der Waals surface area contributed by atoms with E-state index in [-0.39, 0.29) is 23.8 Å². The number of amides is 2. The van der Waals surface area contributed by atoms with Gasteiger partial charge in [0.05, 0.1) is 11.8 Å². The molecule has 6 nitrogen and oxygen atoms in total. The molecule has 0 aromatic heterocycles. The molecule has 3 rings (SSSR count). The summed E-state index contributed by atoms with van der Waals surface area (Å²) in [6, 6.07) is 9.12. The highest BCUT2D eigenvalue weighted by atomic mass is 16.4. The number of hydrogen-bond acceptors (Lipinski definition) is 3. The van der Waals surface area contributed by atoms with Gasteiger partial charge in [-0.15, -0.1) is 0 Å². The molecule has 2 atom stereocenters. The first-order valence-corrected chi connectivity index (χ1v) is 8.44. The second-order valence-corrected chi connectivity index (χ2v) is 6.57. The number of carbonyl (C=O) groups is 3. The van der Waals surface area contributed by atoms with E-state index in [9.17, 15) is 14.4 Å². The average molecular weight is 330 g/mol. The highest BCUT2D eigenvalue weighted by molar-refractivity contribution is 5.94. The van der Waals surface area contributed by atoms with Gasteiger partial charge in [-0.25, -0.2) is 0 Å². The topological polar surface area (TPSA) is 86.7 Å². The SMILES string of the molecule is O=C(NC1CCN(C(=O)C2CCC2C(=O)O)CC1)c1ccccc1. The molecule has 2 unspecified atom stereocenters. The van der Waals surface area contributed by atoms with Gasteiger partial charge in [-0.05, 0) is 37.8 Å². The zero-order chi connectivity index (χ0) is 17.1. The maximum atomic E-state index is 12.4.